The van der Waals surface area contributed by atoms with Gasteiger partial charge < -0.3 is 10.1 Å². The third-order valence-electron chi connectivity index (χ3n) is 3.02. The Balaban J connectivity index is 1.99. The lowest BCUT2D eigenvalue weighted by atomic mass is 9.97. The summed E-state index contributed by atoms with van der Waals surface area (Å²) in [5.74, 6) is 0. The standard InChI is InChI=1S/C13H25NO/c1-2-11-15-12-10-14-13-8-6-4-3-5-7-9-13/h2,13-14H,1,3-12H2. The maximum Gasteiger partial charge on any atom is 0.0645 e. The van der Waals surface area contributed by atoms with Crippen molar-refractivity contribution in [1.29, 1.82) is 0 Å². The lowest BCUT2D eigenvalue weighted by molar-refractivity contribution is 0.159. The molecule has 1 rings (SSSR count). The fourth-order valence-electron chi connectivity index (χ4n) is 2.16. The van der Waals surface area contributed by atoms with Gasteiger partial charge in [-0.15, -0.1) is 6.58 Å². The zero-order chi connectivity index (χ0) is 10.8. The average Bonchev–Trinajstić information content (AvgIpc) is 2.20. The van der Waals surface area contributed by atoms with Crippen LogP contribution in [0.4, 0.5) is 0 Å². The van der Waals surface area contributed by atoms with E-state index in [1.807, 2.05) is 0 Å². The zero-order valence-corrected chi connectivity index (χ0v) is 9.84. The van der Waals surface area contributed by atoms with Gasteiger partial charge in [0.15, 0.2) is 0 Å². The molecule has 1 aliphatic rings. The van der Waals surface area contributed by atoms with E-state index in [0.717, 1.165) is 19.2 Å². The van der Waals surface area contributed by atoms with Crippen molar-refractivity contribution in [3.8, 4) is 0 Å². The van der Waals surface area contributed by atoms with Crippen molar-refractivity contribution < 1.29 is 4.74 Å². The van der Waals surface area contributed by atoms with E-state index < -0.39 is 0 Å². The van der Waals surface area contributed by atoms with Crippen molar-refractivity contribution in [3.63, 3.8) is 0 Å². The Hall–Kier alpha value is -0.340. The van der Waals surface area contributed by atoms with Crippen LogP contribution in [0.25, 0.3) is 0 Å². The molecule has 1 saturated carbocycles. The minimum Gasteiger partial charge on any atom is -0.376 e. The van der Waals surface area contributed by atoms with Crippen LogP contribution in [0, 0.1) is 0 Å². The first kappa shape index (κ1) is 12.7. The smallest absolute Gasteiger partial charge is 0.0645 e. The maximum atomic E-state index is 5.35. The van der Waals surface area contributed by atoms with Crippen LogP contribution in [0.2, 0.25) is 0 Å². The van der Waals surface area contributed by atoms with E-state index in [9.17, 15) is 0 Å². The second-order valence-corrected chi connectivity index (χ2v) is 4.36. The van der Waals surface area contributed by atoms with Crippen molar-refractivity contribution in [2.45, 2.75) is 51.0 Å². The summed E-state index contributed by atoms with van der Waals surface area (Å²) in [6, 6.07) is 0.734. The van der Waals surface area contributed by atoms with Gasteiger partial charge in [0.2, 0.25) is 0 Å². The molecule has 0 aromatic rings. The van der Waals surface area contributed by atoms with Crippen LogP contribution in [0.5, 0.6) is 0 Å². The van der Waals surface area contributed by atoms with Gasteiger partial charge in [-0.3, -0.25) is 0 Å². The number of hydrogen-bond acceptors (Lipinski definition) is 2. The first-order chi connectivity index (χ1) is 7.43. The highest BCUT2D eigenvalue weighted by molar-refractivity contribution is 4.70. The minimum absolute atomic E-state index is 0.673. The zero-order valence-electron chi connectivity index (χ0n) is 9.84. The molecule has 0 amide bonds. The van der Waals surface area contributed by atoms with Gasteiger partial charge in [-0.05, 0) is 12.8 Å². The summed E-state index contributed by atoms with van der Waals surface area (Å²) in [6.45, 7) is 6.09. The molecular formula is C13H25NO. The van der Waals surface area contributed by atoms with Crippen LogP contribution in [0.3, 0.4) is 0 Å². The molecule has 2 nitrogen and oxygen atoms in total. The van der Waals surface area contributed by atoms with E-state index in [1.54, 1.807) is 6.08 Å². The Morgan fingerprint density at radius 1 is 1.13 bits per heavy atom. The maximum absolute atomic E-state index is 5.35. The molecule has 88 valence electrons. The predicted molar refractivity (Wildman–Crippen MR) is 65.1 cm³/mol. The minimum atomic E-state index is 0.673. The fraction of sp³-hybridized carbons (Fsp3) is 0.846. The van der Waals surface area contributed by atoms with Crippen molar-refractivity contribution in [1.82, 2.24) is 5.32 Å². The van der Waals surface area contributed by atoms with Gasteiger partial charge in [-0.1, -0.05) is 38.2 Å². The molecule has 1 N–H and O–H groups in total. The summed E-state index contributed by atoms with van der Waals surface area (Å²) >= 11 is 0. The Morgan fingerprint density at radius 2 is 1.80 bits per heavy atom. The van der Waals surface area contributed by atoms with Crippen LogP contribution in [0.1, 0.15) is 44.9 Å². The third kappa shape index (κ3) is 6.69. The first-order valence-corrected chi connectivity index (χ1v) is 6.35. The molecule has 0 atom stereocenters. The number of nitrogens with one attached hydrogen (secondary N) is 1. The predicted octanol–water partition coefficient (Wildman–Crippen LogP) is 2.89. The molecule has 0 radical (unpaired) electrons. The van der Waals surface area contributed by atoms with Crippen LogP contribution in [-0.2, 0) is 4.74 Å². The number of ether oxygens (including phenoxy) is 1. The topological polar surface area (TPSA) is 21.3 Å². The molecule has 15 heavy (non-hydrogen) atoms. The third-order valence-corrected chi connectivity index (χ3v) is 3.02. The van der Waals surface area contributed by atoms with Crippen LogP contribution in [-0.4, -0.2) is 25.8 Å². The highest BCUT2D eigenvalue weighted by atomic mass is 16.5. The molecule has 0 bridgehead atoms. The van der Waals surface area contributed by atoms with Gasteiger partial charge in [0.05, 0.1) is 13.2 Å². The molecular weight excluding hydrogens is 186 g/mol. The van der Waals surface area contributed by atoms with Gasteiger partial charge in [0.1, 0.15) is 0 Å². The van der Waals surface area contributed by atoms with E-state index in [1.165, 1.54) is 44.9 Å². The van der Waals surface area contributed by atoms with Gasteiger partial charge >= 0.3 is 0 Å². The molecule has 2 heteroatoms. The lowest BCUT2D eigenvalue weighted by Crippen LogP contribution is -2.32. The Kier molecular flexibility index (Phi) is 7.58. The summed E-state index contributed by atoms with van der Waals surface area (Å²) in [4.78, 5) is 0. The van der Waals surface area contributed by atoms with Gasteiger partial charge in [-0.25, -0.2) is 0 Å². The van der Waals surface area contributed by atoms with E-state index in [-0.39, 0.29) is 0 Å². The van der Waals surface area contributed by atoms with E-state index in [4.69, 9.17) is 4.74 Å². The second-order valence-electron chi connectivity index (χ2n) is 4.36. The summed E-state index contributed by atoms with van der Waals surface area (Å²) in [5, 5.41) is 3.59. The summed E-state index contributed by atoms with van der Waals surface area (Å²) < 4.78 is 5.35. The Labute approximate surface area is 94.1 Å². The van der Waals surface area contributed by atoms with Gasteiger partial charge in [0.25, 0.3) is 0 Å². The molecule has 0 heterocycles. The lowest BCUT2D eigenvalue weighted by Gasteiger charge is -2.20. The van der Waals surface area contributed by atoms with Crippen molar-refractivity contribution >= 4 is 0 Å². The molecule has 0 aromatic carbocycles. The number of rotatable bonds is 6. The SMILES string of the molecule is C=CCOCCNC1CCCCCCC1. The van der Waals surface area contributed by atoms with E-state index in [0.29, 0.717) is 6.61 Å². The molecule has 0 saturated heterocycles. The summed E-state index contributed by atoms with van der Waals surface area (Å²) in [6.07, 6.45) is 11.6. The van der Waals surface area contributed by atoms with Crippen molar-refractivity contribution in [3.05, 3.63) is 12.7 Å². The van der Waals surface area contributed by atoms with E-state index >= 15 is 0 Å². The summed E-state index contributed by atoms with van der Waals surface area (Å²) in [5.41, 5.74) is 0. The molecule has 0 aliphatic heterocycles. The van der Waals surface area contributed by atoms with Crippen molar-refractivity contribution in [2.75, 3.05) is 19.8 Å². The molecule has 0 unspecified atom stereocenters. The normalized spacial score (nSPS) is 19.5. The Bertz CT molecular complexity index is 151. The average molecular weight is 211 g/mol. The fourth-order valence-corrected chi connectivity index (χ4v) is 2.16. The molecule has 0 aromatic heterocycles. The van der Waals surface area contributed by atoms with Crippen LogP contribution < -0.4 is 5.32 Å². The summed E-state index contributed by atoms with van der Waals surface area (Å²) in [7, 11) is 0. The highest BCUT2D eigenvalue weighted by Gasteiger charge is 2.09. The van der Waals surface area contributed by atoms with Gasteiger partial charge in [-0.2, -0.15) is 0 Å². The second kappa shape index (κ2) is 8.93. The highest BCUT2D eigenvalue weighted by Crippen LogP contribution is 2.16. The monoisotopic (exact) mass is 211 g/mol. The van der Waals surface area contributed by atoms with Crippen LogP contribution in [0.15, 0.2) is 12.7 Å². The molecule has 1 aliphatic carbocycles. The quantitative estimate of drug-likeness (QED) is 0.539. The van der Waals surface area contributed by atoms with Crippen molar-refractivity contribution in [2.24, 2.45) is 0 Å². The number of hydrogen-bond donors (Lipinski definition) is 1. The molecule has 1 fully saturated rings. The largest absolute Gasteiger partial charge is 0.376 e. The van der Waals surface area contributed by atoms with E-state index in [2.05, 4.69) is 11.9 Å². The van der Waals surface area contributed by atoms with Crippen LogP contribution >= 0.6 is 0 Å². The molecule has 0 spiro atoms. The Morgan fingerprint density at radius 3 is 2.47 bits per heavy atom. The first-order valence-electron chi connectivity index (χ1n) is 6.35. The van der Waals surface area contributed by atoms with Gasteiger partial charge in [0, 0.05) is 12.6 Å².